The zero-order chi connectivity index (χ0) is 26.5. The maximum Gasteiger partial charge on any atom is 0.322 e. The number of hydrazine groups is 1. The topological polar surface area (TPSA) is 255 Å². The van der Waals surface area contributed by atoms with Crippen molar-refractivity contribution in [1.29, 1.82) is 0 Å². The van der Waals surface area contributed by atoms with E-state index in [-0.39, 0.29) is 6.42 Å². The van der Waals surface area contributed by atoms with Crippen molar-refractivity contribution in [3.8, 4) is 0 Å². The molecule has 0 bridgehead atoms. The van der Waals surface area contributed by atoms with Gasteiger partial charge in [-0.15, -0.1) is 0 Å². The number of rotatable bonds is 12. The van der Waals surface area contributed by atoms with Gasteiger partial charge in [-0.2, -0.15) is 0 Å². The van der Waals surface area contributed by atoms with Crippen LogP contribution in [-0.4, -0.2) is 76.6 Å². The first-order valence-electron chi connectivity index (χ1n) is 10.3. The number of aliphatic hydroxyl groups excluding tert-OH is 1. The van der Waals surface area contributed by atoms with Crippen LogP contribution in [0, 0.1) is 0 Å². The molecule has 0 aliphatic rings. The average Bonchev–Trinajstić information content (AvgIpc) is 2.78. The first kappa shape index (κ1) is 28.8. The molecule has 35 heavy (non-hydrogen) atoms. The molecule has 0 heterocycles. The van der Waals surface area contributed by atoms with Crippen molar-refractivity contribution in [3.05, 3.63) is 35.9 Å². The van der Waals surface area contributed by atoms with E-state index in [4.69, 9.17) is 16.6 Å². The van der Waals surface area contributed by atoms with E-state index < -0.39 is 72.8 Å². The summed E-state index contributed by atoms with van der Waals surface area (Å²) in [5, 5.41) is 24.5. The first-order valence-corrected chi connectivity index (χ1v) is 10.3. The van der Waals surface area contributed by atoms with Gasteiger partial charge in [-0.3, -0.25) is 34.8 Å². The summed E-state index contributed by atoms with van der Waals surface area (Å²) in [6, 6.07) is 3.53. The molecular weight excluding hydrogens is 466 g/mol. The number of carbonyl (C=O) groups is 6. The monoisotopic (exact) mass is 495 g/mol. The molecular formula is C20H29N7O8. The van der Waals surface area contributed by atoms with E-state index in [1.54, 1.807) is 30.3 Å². The van der Waals surface area contributed by atoms with Crippen LogP contribution < -0.4 is 38.3 Å². The van der Waals surface area contributed by atoms with Gasteiger partial charge in [0.05, 0.1) is 18.6 Å². The maximum absolute atomic E-state index is 12.4. The van der Waals surface area contributed by atoms with Gasteiger partial charge in [-0.25, -0.2) is 4.79 Å². The fraction of sp³-hybridized carbons (Fsp3) is 0.400. The van der Waals surface area contributed by atoms with Crippen LogP contribution in [0.2, 0.25) is 0 Å². The van der Waals surface area contributed by atoms with Crippen LogP contribution in [0.3, 0.4) is 0 Å². The van der Waals surface area contributed by atoms with Gasteiger partial charge in [0.1, 0.15) is 18.6 Å². The van der Waals surface area contributed by atoms with E-state index >= 15 is 0 Å². The normalized spacial score (nSPS) is 13.8. The molecule has 1 unspecified atom stereocenters. The summed E-state index contributed by atoms with van der Waals surface area (Å²) in [4.78, 5) is 70.8. The van der Waals surface area contributed by atoms with Gasteiger partial charge in [-0.1, -0.05) is 30.3 Å². The number of aliphatic carboxylic acids is 1. The molecule has 1 rings (SSSR count). The molecule has 0 saturated carbocycles. The fourth-order valence-corrected chi connectivity index (χ4v) is 2.69. The second kappa shape index (κ2) is 14.1. The van der Waals surface area contributed by atoms with Gasteiger partial charge < -0.3 is 37.6 Å². The Labute approximate surface area is 199 Å². The molecule has 0 aliphatic heterocycles. The molecule has 0 spiro atoms. The third-order valence-electron chi connectivity index (χ3n) is 4.44. The Bertz CT molecular complexity index is 925. The predicted molar refractivity (Wildman–Crippen MR) is 120 cm³/mol. The summed E-state index contributed by atoms with van der Waals surface area (Å²) in [5.41, 5.74) is 15.8. The molecule has 0 radical (unpaired) electrons. The molecule has 15 nitrogen and oxygen atoms in total. The lowest BCUT2D eigenvalue weighted by Gasteiger charge is -2.23. The van der Waals surface area contributed by atoms with E-state index in [0.717, 1.165) is 12.5 Å². The molecule has 1 aromatic carbocycles. The highest BCUT2D eigenvalue weighted by molar-refractivity contribution is 5.94. The molecule has 0 fully saturated rings. The Morgan fingerprint density at radius 3 is 2.09 bits per heavy atom. The molecule has 4 atom stereocenters. The number of carboxylic acids is 1. The summed E-state index contributed by atoms with van der Waals surface area (Å²) in [5.74, 6) is -5.09. The summed E-state index contributed by atoms with van der Waals surface area (Å²) in [6.45, 7) is 0.400. The van der Waals surface area contributed by atoms with Crippen LogP contribution in [-0.2, 0) is 30.4 Å². The van der Waals surface area contributed by atoms with Crippen LogP contribution in [0.5, 0.6) is 0 Å². The SMILES string of the molecule is CC(O)[C@H](NC(=O)N[C@@H](CC(N)=O)C(=O)NNC(=O)[C@@H](N)Cc1ccccc1)C(=O)NCC(=O)O. The first-order chi connectivity index (χ1) is 16.4. The number of aliphatic hydroxyl groups is 1. The smallest absolute Gasteiger partial charge is 0.322 e. The minimum atomic E-state index is -1.58. The summed E-state index contributed by atoms with van der Waals surface area (Å²) >= 11 is 0. The lowest BCUT2D eigenvalue weighted by atomic mass is 10.1. The van der Waals surface area contributed by atoms with E-state index in [2.05, 4.69) is 16.1 Å². The molecule has 0 aliphatic carbocycles. The Balaban J connectivity index is 2.71. The van der Waals surface area contributed by atoms with Crippen molar-refractivity contribution in [2.45, 2.75) is 44.0 Å². The Hall–Kier alpha value is -4.24. The number of hydrogen-bond acceptors (Lipinski definition) is 8. The largest absolute Gasteiger partial charge is 0.480 e. The highest BCUT2D eigenvalue weighted by atomic mass is 16.4. The lowest BCUT2D eigenvalue weighted by Crippen LogP contribution is -2.60. The van der Waals surface area contributed by atoms with E-state index in [1.807, 2.05) is 10.7 Å². The molecule has 15 heteroatoms. The van der Waals surface area contributed by atoms with Gasteiger partial charge >= 0.3 is 12.0 Å². The second-order valence-electron chi connectivity index (χ2n) is 7.45. The number of benzene rings is 1. The Kier molecular flexibility index (Phi) is 11.6. The summed E-state index contributed by atoms with van der Waals surface area (Å²) < 4.78 is 0. The van der Waals surface area contributed by atoms with Crippen molar-refractivity contribution in [2.24, 2.45) is 11.5 Å². The Morgan fingerprint density at radius 1 is 0.943 bits per heavy atom. The predicted octanol–water partition coefficient (Wildman–Crippen LogP) is -3.80. The number of carboxylic acid groups (broad SMARTS) is 1. The highest BCUT2D eigenvalue weighted by Crippen LogP contribution is 2.02. The van der Waals surface area contributed by atoms with E-state index in [9.17, 15) is 33.9 Å². The van der Waals surface area contributed by atoms with Crippen LogP contribution in [0.25, 0.3) is 0 Å². The molecule has 6 amide bonds. The van der Waals surface area contributed by atoms with Gasteiger partial charge in [0.2, 0.25) is 11.8 Å². The number of primary amides is 1. The van der Waals surface area contributed by atoms with Crippen molar-refractivity contribution in [3.63, 3.8) is 0 Å². The molecule has 0 saturated heterocycles. The third kappa shape index (κ3) is 11.0. The second-order valence-corrected chi connectivity index (χ2v) is 7.45. The minimum Gasteiger partial charge on any atom is -0.480 e. The fourth-order valence-electron chi connectivity index (χ4n) is 2.69. The number of amides is 6. The van der Waals surface area contributed by atoms with Gasteiger partial charge in [0, 0.05) is 0 Å². The summed E-state index contributed by atoms with van der Waals surface area (Å²) in [6.07, 6.45) is -1.93. The standard InChI is InChI=1S/C20H29N7O8/c1-10(28)16(19(34)23-9-15(30)31)25-20(35)24-13(8-14(22)29)18(33)27-26-17(32)12(21)7-11-5-3-2-4-6-11/h2-6,10,12-13,16,28H,7-9,21H2,1H3,(H2,22,29)(H,23,34)(H,26,32)(H,27,33)(H,30,31)(H2,24,25,35)/t10?,12-,13-,16-/m0/s1. The lowest BCUT2D eigenvalue weighted by molar-refractivity contribution is -0.138. The molecule has 1 aromatic rings. The number of hydrogen-bond donors (Lipinski definition) is 9. The number of carbonyl (C=O) groups excluding carboxylic acids is 5. The Morgan fingerprint density at radius 2 is 1.54 bits per heavy atom. The van der Waals surface area contributed by atoms with E-state index in [0.29, 0.717) is 0 Å². The van der Waals surface area contributed by atoms with Crippen LogP contribution in [0.15, 0.2) is 30.3 Å². The molecule has 192 valence electrons. The molecule has 11 N–H and O–H groups in total. The number of nitrogens with two attached hydrogens (primary N) is 2. The van der Waals surface area contributed by atoms with Gasteiger partial charge in [-0.05, 0) is 18.9 Å². The number of urea groups is 1. The van der Waals surface area contributed by atoms with Crippen LogP contribution in [0.1, 0.15) is 18.9 Å². The number of nitrogens with one attached hydrogen (secondary N) is 5. The molecule has 0 aromatic heterocycles. The van der Waals surface area contributed by atoms with Crippen molar-refractivity contribution < 1.29 is 39.0 Å². The van der Waals surface area contributed by atoms with Gasteiger partial charge in [0.25, 0.3) is 11.8 Å². The quantitative estimate of drug-likeness (QED) is 0.129. The minimum absolute atomic E-state index is 0.179. The van der Waals surface area contributed by atoms with Gasteiger partial charge in [0.15, 0.2) is 0 Å². The third-order valence-corrected chi connectivity index (χ3v) is 4.44. The average molecular weight is 495 g/mol. The zero-order valence-corrected chi connectivity index (χ0v) is 18.8. The maximum atomic E-state index is 12.4. The summed E-state index contributed by atoms with van der Waals surface area (Å²) in [7, 11) is 0. The zero-order valence-electron chi connectivity index (χ0n) is 18.8. The van der Waals surface area contributed by atoms with Crippen molar-refractivity contribution in [2.75, 3.05) is 6.54 Å². The van der Waals surface area contributed by atoms with E-state index in [1.165, 1.54) is 0 Å². The van der Waals surface area contributed by atoms with Crippen LogP contribution >= 0.6 is 0 Å². The highest BCUT2D eigenvalue weighted by Gasteiger charge is 2.29. The van der Waals surface area contributed by atoms with Crippen LogP contribution in [0.4, 0.5) is 4.79 Å². The van der Waals surface area contributed by atoms with Crippen molar-refractivity contribution in [1.82, 2.24) is 26.8 Å². The van der Waals surface area contributed by atoms with Crippen molar-refractivity contribution >= 4 is 35.6 Å².